The molecule has 0 spiro atoms. The van der Waals surface area contributed by atoms with Crippen LogP contribution in [-0.4, -0.2) is 20.9 Å². The first kappa shape index (κ1) is 14.6. The number of carboxylic acids is 1. The van der Waals surface area contributed by atoms with Crippen LogP contribution in [0.4, 0.5) is 13.2 Å². The molecule has 2 rings (SSSR count). The highest BCUT2D eigenvalue weighted by atomic mass is 79.9. The first-order chi connectivity index (χ1) is 9.21. The van der Waals surface area contributed by atoms with Crippen LogP contribution in [-0.2, 0) is 6.18 Å². The van der Waals surface area contributed by atoms with Gasteiger partial charge in [0.25, 0.3) is 0 Å². The molecule has 0 atom stereocenters. The molecule has 1 heterocycles. The lowest BCUT2D eigenvalue weighted by molar-refractivity contribution is -0.141. The number of nitrogens with zero attached hydrogens (tertiary/aromatic N) is 2. The van der Waals surface area contributed by atoms with Crippen LogP contribution in [0.2, 0.25) is 0 Å². The maximum Gasteiger partial charge on any atom is 0.436 e. The number of aromatic carboxylic acids is 1. The molecule has 1 aromatic carbocycles. The quantitative estimate of drug-likeness (QED) is 0.900. The zero-order chi connectivity index (χ0) is 15.1. The second-order valence-corrected chi connectivity index (χ2v) is 4.81. The van der Waals surface area contributed by atoms with Gasteiger partial charge in [-0.25, -0.2) is 9.48 Å². The van der Waals surface area contributed by atoms with E-state index in [-0.39, 0.29) is 21.4 Å². The number of hydrogen-bond acceptors (Lipinski definition) is 2. The van der Waals surface area contributed by atoms with Crippen molar-refractivity contribution in [3.05, 3.63) is 45.7 Å². The lowest BCUT2D eigenvalue weighted by Gasteiger charge is -2.05. The van der Waals surface area contributed by atoms with Crippen molar-refractivity contribution in [2.75, 3.05) is 0 Å². The van der Waals surface area contributed by atoms with Gasteiger partial charge < -0.3 is 5.11 Å². The van der Waals surface area contributed by atoms with E-state index >= 15 is 0 Å². The van der Waals surface area contributed by atoms with E-state index in [0.29, 0.717) is 0 Å². The fraction of sp³-hybridized carbons (Fsp3) is 0.167. The average Bonchev–Trinajstić information content (AvgIpc) is 2.66. The number of aromatic nitrogens is 2. The summed E-state index contributed by atoms with van der Waals surface area (Å²) in [6.07, 6.45) is -4.58. The minimum Gasteiger partial charge on any atom is -0.478 e. The number of halogens is 4. The van der Waals surface area contributed by atoms with E-state index in [0.717, 1.165) is 4.68 Å². The Kier molecular flexibility index (Phi) is 3.59. The molecule has 0 saturated carbocycles. The zero-order valence-corrected chi connectivity index (χ0v) is 11.7. The van der Waals surface area contributed by atoms with Crippen molar-refractivity contribution in [1.82, 2.24) is 9.78 Å². The summed E-state index contributed by atoms with van der Waals surface area (Å²) >= 11 is 2.86. The molecule has 20 heavy (non-hydrogen) atoms. The fourth-order valence-corrected chi connectivity index (χ4v) is 2.16. The SMILES string of the molecule is Cc1c(Br)c(C(F)(F)F)nn1-c1cccc(C(=O)O)c1. The summed E-state index contributed by atoms with van der Waals surface area (Å²) in [6, 6.07) is 5.54. The van der Waals surface area contributed by atoms with Crippen molar-refractivity contribution < 1.29 is 23.1 Å². The second kappa shape index (κ2) is 4.93. The van der Waals surface area contributed by atoms with E-state index in [1.165, 1.54) is 31.2 Å². The molecular formula is C12H8BrF3N2O2. The molecule has 0 aliphatic rings. The molecule has 0 saturated heterocycles. The molecule has 2 aromatic rings. The maximum absolute atomic E-state index is 12.8. The molecule has 0 amide bonds. The summed E-state index contributed by atoms with van der Waals surface area (Å²) in [5.41, 5.74) is -0.587. The van der Waals surface area contributed by atoms with Crippen LogP contribution in [0.25, 0.3) is 5.69 Å². The smallest absolute Gasteiger partial charge is 0.436 e. The predicted molar refractivity (Wildman–Crippen MR) is 68.0 cm³/mol. The predicted octanol–water partition coefficient (Wildman–Crippen LogP) is 3.66. The summed E-state index contributed by atoms with van der Waals surface area (Å²) in [6.45, 7) is 1.46. The number of rotatable bonds is 2. The Morgan fingerprint density at radius 2 is 2.05 bits per heavy atom. The summed E-state index contributed by atoms with van der Waals surface area (Å²) in [7, 11) is 0. The molecule has 0 aliphatic heterocycles. The standard InChI is InChI=1S/C12H8BrF3N2O2/c1-6-9(13)10(12(14,15)16)17-18(6)8-4-2-3-7(5-8)11(19)20/h2-5H,1H3,(H,19,20). The van der Waals surface area contributed by atoms with Crippen LogP contribution in [0.3, 0.4) is 0 Å². The van der Waals surface area contributed by atoms with Gasteiger partial charge in [0.1, 0.15) is 0 Å². The van der Waals surface area contributed by atoms with Gasteiger partial charge in [-0.3, -0.25) is 0 Å². The minimum absolute atomic E-state index is 0.0259. The van der Waals surface area contributed by atoms with Crippen molar-refractivity contribution in [2.24, 2.45) is 0 Å². The molecule has 8 heteroatoms. The first-order valence-corrected chi connectivity index (χ1v) is 6.17. The van der Waals surface area contributed by atoms with Gasteiger partial charge in [0, 0.05) is 0 Å². The topological polar surface area (TPSA) is 55.1 Å². The summed E-state index contributed by atoms with van der Waals surface area (Å²) in [4.78, 5) is 10.9. The van der Waals surface area contributed by atoms with Gasteiger partial charge >= 0.3 is 12.1 Å². The van der Waals surface area contributed by atoms with Crippen molar-refractivity contribution in [3.8, 4) is 5.69 Å². The number of benzene rings is 1. The number of carboxylic acid groups (broad SMARTS) is 1. The Morgan fingerprint density at radius 3 is 2.55 bits per heavy atom. The summed E-state index contributed by atoms with van der Waals surface area (Å²) < 4.78 is 39.2. The number of hydrogen-bond donors (Lipinski definition) is 1. The molecule has 106 valence electrons. The third-order valence-electron chi connectivity index (χ3n) is 2.65. The molecule has 1 N–H and O–H groups in total. The third-order valence-corrected chi connectivity index (χ3v) is 3.60. The lowest BCUT2D eigenvalue weighted by Crippen LogP contribution is -2.08. The fourth-order valence-electron chi connectivity index (χ4n) is 1.69. The summed E-state index contributed by atoms with van der Waals surface area (Å²) in [5, 5.41) is 12.4. The molecule has 4 nitrogen and oxygen atoms in total. The molecule has 0 bridgehead atoms. The van der Waals surface area contributed by atoms with Crippen molar-refractivity contribution >= 4 is 21.9 Å². The minimum atomic E-state index is -4.58. The zero-order valence-electron chi connectivity index (χ0n) is 10.1. The maximum atomic E-state index is 12.8. The highest BCUT2D eigenvalue weighted by Crippen LogP contribution is 2.36. The molecule has 0 unspecified atom stereocenters. The van der Waals surface area contributed by atoms with Gasteiger partial charge in [0.2, 0.25) is 0 Å². The monoisotopic (exact) mass is 348 g/mol. The Hall–Kier alpha value is -1.83. The van der Waals surface area contributed by atoms with Crippen LogP contribution in [0, 0.1) is 6.92 Å². The van der Waals surface area contributed by atoms with E-state index in [2.05, 4.69) is 21.0 Å². The van der Waals surface area contributed by atoms with Gasteiger partial charge in [-0.15, -0.1) is 0 Å². The molecule has 1 aromatic heterocycles. The Labute approximate surface area is 120 Å². The summed E-state index contributed by atoms with van der Waals surface area (Å²) in [5.74, 6) is -1.16. The van der Waals surface area contributed by atoms with E-state index in [4.69, 9.17) is 5.11 Å². The van der Waals surface area contributed by atoms with Gasteiger partial charge in [-0.2, -0.15) is 18.3 Å². The third kappa shape index (κ3) is 2.55. The van der Waals surface area contributed by atoms with Gasteiger partial charge in [-0.1, -0.05) is 6.07 Å². The lowest BCUT2D eigenvalue weighted by atomic mass is 10.2. The number of alkyl halides is 3. The molecule has 0 aliphatic carbocycles. The normalized spacial score (nSPS) is 11.7. The van der Waals surface area contributed by atoms with Gasteiger partial charge in [-0.05, 0) is 41.1 Å². The highest BCUT2D eigenvalue weighted by molar-refractivity contribution is 9.10. The Bertz CT molecular complexity index is 680. The van der Waals surface area contributed by atoms with E-state index in [9.17, 15) is 18.0 Å². The Balaban J connectivity index is 2.59. The average molecular weight is 349 g/mol. The van der Waals surface area contributed by atoms with Crippen LogP contribution >= 0.6 is 15.9 Å². The van der Waals surface area contributed by atoms with Crippen LogP contribution in [0.5, 0.6) is 0 Å². The van der Waals surface area contributed by atoms with E-state index in [1.54, 1.807) is 0 Å². The van der Waals surface area contributed by atoms with Crippen LogP contribution < -0.4 is 0 Å². The Morgan fingerprint density at radius 1 is 1.40 bits per heavy atom. The van der Waals surface area contributed by atoms with E-state index in [1.807, 2.05) is 0 Å². The molecule has 0 fully saturated rings. The van der Waals surface area contributed by atoms with Crippen molar-refractivity contribution in [3.63, 3.8) is 0 Å². The van der Waals surface area contributed by atoms with Crippen LogP contribution in [0.15, 0.2) is 28.7 Å². The van der Waals surface area contributed by atoms with Crippen molar-refractivity contribution in [2.45, 2.75) is 13.1 Å². The van der Waals surface area contributed by atoms with E-state index < -0.39 is 17.8 Å². The largest absolute Gasteiger partial charge is 0.478 e. The molecular weight excluding hydrogens is 341 g/mol. The first-order valence-electron chi connectivity index (χ1n) is 5.38. The molecule has 0 radical (unpaired) electrons. The van der Waals surface area contributed by atoms with Crippen molar-refractivity contribution in [1.29, 1.82) is 0 Å². The highest BCUT2D eigenvalue weighted by Gasteiger charge is 2.38. The second-order valence-electron chi connectivity index (χ2n) is 4.01. The van der Waals surface area contributed by atoms with Crippen LogP contribution in [0.1, 0.15) is 21.7 Å². The van der Waals surface area contributed by atoms with Gasteiger partial charge in [0.05, 0.1) is 21.4 Å². The number of carbonyl (C=O) groups is 1. The van der Waals surface area contributed by atoms with Gasteiger partial charge in [0.15, 0.2) is 5.69 Å².